The number of benzene rings is 1. The zero-order valence-corrected chi connectivity index (χ0v) is 10.7. The second kappa shape index (κ2) is 5.37. The summed E-state index contributed by atoms with van der Waals surface area (Å²) in [6.45, 7) is 3.67. The van der Waals surface area contributed by atoms with E-state index in [-0.39, 0.29) is 18.2 Å². The van der Waals surface area contributed by atoms with Crippen LogP contribution in [-0.4, -0.2) is 17.6 Å². The normalized spacial score (nSPS) is 9.73. The van der Waals surface area contributed by atoms with Crippen molar-refractivity contribution in [3.63, 3.8) is 0 Å². The molecule has 1 aromatic rings. The molecule has 0 aliphatic rings. The minimum absolute atomic E-state index is 0.0907. The summed E-state index contributed by atoms with van der Waals surface area (Å²) >= 11 is 7.49. The predicted molar refractivity (Wildman–Crippen MR) is 68.2 cm³/mol. The number of carbonyl (C=O) groups excluding carboxylic acids is 1. The molecule has 15 heavy (non-hydrogen) atoms. The fraction of sp³-hybridized carbons (Fsp3) is 0.100. The number of hydrogen-bond acceptors (Lipinski definition) is 2. The summed E-state index contributed by atoms with van der Waals surface area (Å²) in [7, 11) is 0. The molecule has 5 heteroatoms. The number of rotatable bonds is 3. The van der Waals surface area contributed by atoms with Crippen LogP contribution < -0.4 is 5.32 Å². The zero-order chi connectivity index (χ0) is 11.4. The number of carbonyl (C=O) groups is 1. The van der Waals surface area contributed by atoms with Gasteiger partial charge in [0.1, 0.15) is 5.75 Å². The van der Waals surface area contributed by atoms with Gasteiger partial charge in [-0.3, -0.25) is 4.79 Å². The minimum atomic E-state index is -0.288. The van der Waals surface area contributed by atoms with Crippen LogP contribution in [-0.2, 0) is 0 Å². The first-order chi connectivity index (χ1) is 7.00. The highest BCUT2D eigenvalue weighted by Crippen LogP contribution is 2.20. The molecule has 0 heterocycles. The third-order valence-corrected chi connectivity index (χ3v) is 2.69. The Morgan fingerprint density at radius 1 is 1.60 bits per heavy atom. The van der Waals surface area contributed by atoms with E-state index >= 15 is 0 Å². The lowest BCUT2D eigenvalue weighted by molar-refractivity contribution is 0.0957. The topological polar surface area (TPSA) is 49.3 Å². The van der Waals surface area contributed by atoms with E-state index in [0.29, 0.717) is 14.2 Å². The van der Waals surface area contributed by atoms with E-state index in [2.05, 4.69) is 11.9 Å². The van der Waals surface area contributed by atoms with Gasteiger partial charge in [-0.1, -0.05) is 18.2 Å². The highest BCUT2D eigenvalue weighted by molar-refractivity contribution is 14.1. The monoisotopic (exact) mass is 337 g/mol. The molecule has 0 radical (unpaired) electrons. The van der Waals surface area contributed by atoms with Gasteiger partial charge in [0.2, 0.25) is 0 Å². The van der Waals surface area contributed by atoms with Crippen molar-refractivity contribution in [1.29, 1.82) is 0 Å². The summed E-state index contributed by atoms with van der Waals surface area (Å²) in [5.74, 6) is -0.198. The molecular weight excluding hydrogens is 328 g/mol. The Kier molecular flexibility index (Phi) is 4.41. The third-order valence-electron chi connectivity index (χ3n) is 1.65. The van der Waals surface area contributed by atoms with Gasteiger partial charge in [-0.05, 0) is 40.8 Å². The maximum absolute atomic E-state index is 11.5. The molecule has 0 spiro atoms. The lowest BCUT2D eigenvalue weighted by Crippen LogP contribution is -2.24. The van der Waals surface area contributed by atoms with Crippen LogP contribution in [0.25, 0.3) is 0 Å². The van der Waals surface area contributed by atoms with Crippen LogP contribution in [0, 0.1) is 3.57 Å². The molecule has 80 valence electrons. The Bertz CT molecular complexity index is 406. The quantitative estimate of drug-likeness (QED) is 0.833. The van der Waals surface area contributed by atoms with Gasteiger partial charge in [-0.2, -0.15) is 0 Å². The van der Waals surface area contributed by atoms with Crippen molar-refractivity contribution in [3.8, 4) is 5.75 Å². The molecule has 0 aromatic heterocycles. The third kappa shape index (κ3) is 3.71. The van der Waals surface area contributed by atoms with Gasteiger partial charge in [0.15, 0.2) is 0 Å². The van der Waals surface area contributed by atoms with E-state index in [1.165, 1.54) is 6.07 Å². The van der Waals surface area contributed by atoms with Gasteiger partial charge < -0.3 is 10.4 Å². The SMILES string of the molecule is C=C(Cl)CNC(=O)c1ccc(I)c(O)c1. The molecule has 0 bridgehead atoms. The Hall–Kier alpha value is -0.750. The summed E-state index contributed by atoms with van der Waals surface area (Å²) < 4.78 is 0.700. The lowest BCUT2D eigenvalue weighted by atomic mass is 10.2. The first-order valence-electron chi connectivity index (χ1n) is 4.10. The number of phenolic OH excluding ortho intramolecular Hbond substituents is 1. The molecule has 1 rings (SSSR count). The van der Waals surface area contributed by atoms with Crippen LogP contribution in [0.5, 0.6) is 5.75 Å². The molecule has 2 N–H and O–H groups in total. The van der Waals surface area contributed by atoms with E-state index in [4.69, 9.17) is 11.6 Å². The Labute approximate surface area is 106 Å². The molecule has 1 amide bonds. The molecule has 3 nitrogen and oxygen atoms in total. The first kappa shape index (κ1) is 12.3. The van der Waals surface area contributed by atoms with E-state index in [9.17, 15) is 9.90 Å². The minimum Gasteiger partial charge on any atom is -0.507 e. The summed E-state index contributed by atoms with van der Waals surface area (Å²) in [4.78, 5) is 11.5. The van der Waals surface area contributed by atoms with Crippen molar-refractivity contribution < 1.29 is 9.90 Å². The number of phenols is 1. The largest absolute Gasteiger partial charge is 0.507 e. The number of amides is 1. The lowest BCUT2D eigenvalue weighted by Gasteiger charge is -2.04. The van der Waals surface area contributed by atoms with E-state index in [1.54, 1.807) is 12.1 Å². The second-order valence-corrected chi connectivity index (χ2v) is 4.56. The van der Waals surface area contributed by atoms with E-state index in [0.717, 1.165) is 0 Å². The zero-order valence-electron chi connectivity index (χ0n) is 7.76. The Morgan fingerprint density at radius 2 is 2.27 bits per heavy atom. The van der Waals surface area contributed by atoms with Gasteiger partial charge in [0, 0.05) is 10.6 Å². The molecule has 1 aromatic carbocycles. The first-order valence-corrected chi connectivity index (χ1v) is 5.56. The summed E-state index contributed by atoms with van der Waals surface area (Å²) in [5.41, 5.74) is 0.394. The van der Waals surface area contributed by atoms with Crippen molar-refractivity contribution in [2.24, 2.45) is 0 Å². The molecular formula is C10H9ClINO2. The molecule has 0 saturated carbocycles. The van der Waals surface area contributed by atoms with Crippen molar-refractivity contribution in [2.45, 2.75) is 0 Å². The van der Waals surface area contributed by atoms with E-state index < -0.39 is 0 Å². The highest BCUT2D eigenvalue weighted by Gasteiger charge is 2.07. The smallest absolute Gasteiger partial charge is 0.251 e. The Morgan fingerprint density at radius 3 is 2.80 bits per heavy atom. The van der Waals surface area contributed by atoms with Crippen LogP contribution in [0.15, 0.2) is 29.8 Å². The number of hydrogen-bond donors (Lipinski definition) is 2. The van der Waals surface area contributed by atoms with Gasteiger partial charge in [-0.25, -0.2) is 0 Å². The van der Waals surface area contributed by atoms with Crippen LogP contribution >= 0.6 is 34.2 Å². The maximum Gasteiger partial charge on any atom is 0.251 e. The summed E-state index contributed by atoms with van der Waals surface area (Å²) in [5, 5.41) is 12.3. The van der Waals surface area contributed by atoms with Crippen LogP contribution in [0.2, 0.25) is 0 Å². The molecule has 0 aliphatic heterocycles. The van der Waals surface area contributed by atoms with Crippen molar-refractivity contribution in [2.75, 3.05) is 6.54 Å². The Balaban J connectivity index is 2.74. The van der Waals surface area contributed by atoms with Crippen LogP contribution in [0.3, 0.4) is 0 Å². The fourth-order valence-electron chi connectivity index (χ4n) is 0.932. The van der Waals surface area contributed by atoms with Crippen molar-refractivity contribution >= 4 is 40.1 Å². The molecule has 0 saturated heterocycles. The summed E-state index contributed by atoms with van der Waals surface area (Å²) in [6, 6.07) is 4.71. The fourth-order valence-corrected chi connectivity index (χ4v) is 1.33. The molecule has 0 aliphatic carbocycles. The highest BCUT2D eigenvalue weighted by atomic mass is 127. The standard InChI is InChI=1S/C10H9ClINO2/c1-6(11)5-13-10(15)7-2-3-8(12)9(14)4-7/h2-4,14H,1,5H2,(H,13,15). The number of aromatic hydroxyl groups is 1. The van der Waals surface area contributed by atoms with Crippen molar-refractivity contribution in [3.05, 3.63) is 38.9 Å². The van der Waals surface area contributed by atoms with Gasteiger partial charge in [0.05, 0.1) is 10.1 Å². The van der Waals surface area contributed by atoms with Gasteiger partial charge >= 0.3 is 0 Å². The molecule has 0 fully saturated rings. The number of nitrogens with one attached hydrogen (secondary N) is 1. The van der Waals surface area contributed by atoms with Crippen LogP contribution in [0.1, 0.15) is 10.4 Å². The van der Waals surface area contributed by atoms with Gasteiger partial charge in [0.25, 0.3) is 5.91 Å². The second-order valence-electron chi connectivity index (χ2n) is 2.87. The average molecular weight is 338 g/mol. The van der Waals surface area contributed by atoms with Gasteiger partial charge in [-0.15, -0.1) is 0 Å². The van der Waals surface area contributed by atoms with E-state index in [1.807, 2.05) is 22.6 Å². The predicted octanol–water partition coefficient (Wildman–Crippen LogP) is 2.48. The average Bonchev–Trinajstić information content (AvgIpc) is 2.18. The summed E-state index contributed by atoms with van der Waals surface area (Å²) in [6.07, 6.45) is 0. The molecule has 0 unspecified atom stereocenters. The maximum atomic E-state index is 11.5. The van der Waals surface area contributed by atoms with Crippen molar-refractivity contribution in [1.82, 2.24) is 5.32 Å². The van der Waals surface area contributed by atoms with Crippen LogP contribution in [0.4, 0.5) is 0 Å². The molecule has 0 atom stereocenters. The number of halogens is 2.